The fraction of sp³-hybridized carbons (Fsp3) is 0.345. The van der Waals surface area contributed by atoms with E-state index in [1.54, 1.807) is 30.3 Å². The first-order chi connectivity index (χ1) is 20.6. The van der Waals surface area contributed by atoms with Gasteiger partial charge in [-0.15, -0.1) is 0 Å². The van der Waals surface area contributed by atoms with E-state index in [2.05, 4.69) is 10.6 Å². The molecule has 0 saturated heterocycles. The molecule has 13 nitrogen and oxygen atoms in total. The number of rotatable bonds is 12. The van der Waals surface area contributed by atoms with Gasteiger partial charge < -0.3 is 20.1 Å². The summed E-state index contributed by atoms with van der Waals surface area (Å²) in [6, 6.07) is 10.5. The van der Waals surface area contributed by atoms with Crippen molar-refractivity contribution in [2.24, 2.45) is 11.8 Å². The first-order valence-corrected chi connectivity index (χ1v) is 13.6. The van der Waals surface area contributed by atoms with E-state index in [4.69, 9.17) is 17.3 Å². The predicted octanol–water partition coefficient (Wildman–Crippen LogP) is 2.77. The first kappa shape index (κ1) is 30.9. The molecule has 0 aromatic heterocycles. The van der Waals surface area contributed by atoms with E-state index in [-0.39, 0.29) is 66.4 Å². The molecular formula is C29H29BN4O9. The topological polar surface area (TPSA) is 174 Å². The number of nitrogens with zero attached hydrogens (tertiary/aromatic N) is 2. The smallest absolute Gasteiger partial charge is 0.269 e. The van der Waals surface area contributed by atoms with Gasteiger partial charge in [-0.05, 0) is 67.0 Å². The number of carbonyl (C=O) groups is 5. The maximum absolute atomic E-state index is 12.8. The molecular weight excluding hydrogens is 559 g/mol. The lowest BCUT2D eigenvalue weighted by molar-refractivity contribution is -0.384. The Morgan fingerprint density at radius 1 is 0.953 bits per heavy atom. The summed E-state index contributed by atoms with van der Waals surface area (Å²) in [5, 5.41) is 16.2. The third-order valence-electron chi connectivity index (χ3n) is 7.22. The fourth-order valence-electron chi connectivity index (χ4n) is 4.90. The van der Waals surface area contributed by atoms with Gasteiger partial charge >= 0.3 is 0 Å². The van der Waals surface area contributed by atoms with Crippen molar-refractivity contribution in [1.82, 2.24) is 10.2 Å². The molecule has 222 valence electrons. The highest BCUT2D eigenvalue weighted by Crippen LogP contribution is 2.30. The Morgan fingerprint density at radius 3 is 2.23 bits per heavy atom. The maximum atomic E-state index is 12.8. The van der Waals surface area contributed by atoms with Gasteiger partial charge in [-0.2, -0.15) is 0 Å². The number of hydrogen-bond acceptors (Lipinski definition) is 9. The van der Waals surface area contributed by atoms with Crippen LogP contribution in [0.2, 0.25) is 0 Å². The Morgan fingerprint density at radius 2 is 1.60 bits per heavy atom. The predicted molar refractivity (Wildman–Crippen MR) is 153 cm³/mol. The quantitative estimate of drug-likeness (QED) is 0.164. The molecule has 0 spiro atoms. The van der Waals surface area contributed by atoms with Crippen LogP contribution in [0.4, 0.5) is 16.2 Å². The van der Waals surface area contributed by atoms with Crippen molar-refractivity contribution >= 4 is 48.7 Å². The summed E-state index contributed by atoms with van der Waals surface area (Å²) in [6.45, 7) is -0.0601. The molecule has 1 aliphatic carbocycles. The lowest BCUT2D eigenvalue weighted by Gasteiger charge is -2.29. The monoisotopic (exact) mass is 588 g/mol. The minimum absolute atomic E-state index is 0.0496. The number of nitrogens with one attached hydrogen (secondary N) is 2. The van der Waals surface area contributed by atoms with E-state index in [0.29, 0.717) is 43.4 Å². The summed E-state index contributed by atoms with van der Waals surface area (Å²) in [5.41, 5.74) is 1.37. The van der Waals surface area contributed by atoms with E-state index >= 15 is 0 Å². The molecule has 43 heavy (non-hydrogen) atoms. The Balaban J connectivity index is 1.30. The Kier molecular flexibility index (Phi) is 10.3. The van der Waals surface area contributed by atoms with Gasteiger partial charge in [0, 0.05) is 36.7 Å². The van der Waals surface area contributed by atoms with Gasteiger partial charge in [-0.3, -0.25) is 39.0 Å². The van der Waals surface area contributed by atoms with Gasteiger partial charge in [0.05, 0.1) is 17.2 Å². The molecule has 4 rings (SSSR count). The molecule has 2 aromatic rings. The van der Waals surface area contributed by atoms with Crippen LogP contribution in [0.1, 0.15) is 36.8 Å². The maximum Gasteiger partial charge on any atom is 0.269 e. The summed E-state index contributed by atoms with van der Waals surface area (Å²) in [4.78, 5) is 71.8. The molecule has 2 N–H and O–H groups in total. The normalized spacial score (nSPS) is 17.8. The van der Waals surface area contributed by atoms with E-state index in [1.165, 1.54) is 29.2 Å². The average Bonchev–Trinajstić information content (AvgIpc) is 3.31. The van der Waals surface area contributed by atoms with Crippen molar-refractivity contribution in [3.63, 3.8) is 0 Å². The molecule has 4 amide bonds. The summed E-state index contributed by atoms with van der Waals surface area (Å²) >= 11 is 0. The summed E-state index contributed by atoms with van der Waals surface area (Å²) in [6.07, 6.45) is 5.01. The number of non-ortho nitro benzene ring substituents is 1. The molecule has 14 heteroatoms. The summed E-state index contributed by atoms with van der Waals surface area (Å²) in [5.74, 6) is -2.27. The van der Waals surface area contributed by atoms with Crippen LogP contribution in [0, 0.1) is 22.0 Å². The highest BCUT2D eigenvalue weighted by molar-refractivity contribution is 6.55. The van der Waals surface area contributed by atoms with Crippen LogP contribution in [0.15, 0.2) is 54.6 Å². The van der Waals surface area contributed by atoms with E-state index in [0.717, 1.165) is 0 Å². The lowest BCUT2D eigenvalue weighted by atomic mass is 9.81. The van der Waals surface area contributed by atoms with Crippen molar-refractivity contribution < 1.29 is 38.4 Å². The Bertz CT molecular complexity index is 1420. The molecule has 1 fully saturated rings. The highest BCUT2D eigenvalue weighted by Gasteiger charge is 2.31. The standard InChI is InChI=1S/C29H29BN4O9/c30-29(39)43-17-20-5-10-24(42-16-19-3-8-22(9-4-19)34(40)41)23(13-20)32-25(35)14-31-28(38)21-6-1-18(2-7-21)15-33-26(36)11-12-27(33)37/h3-5,8-13,18,21H,1-2,6-7,14-17H2,(H,31,38)(H,32,35). The average molecular weight is 588 g/mol. The third-order valence-corrected chi connectivity index (χ3v) is 7.22. The van der Waals surface area contributed by atoms with E-state index < -0.39 is 16.7 Å². The van der Waals surface area contributed by atoms with Crippen LogP contribution in [-0.2, 0) is 37.1 Å². The number of imide groups is 1. The number of nitro benzene ring substituents is 1. The van der Waals surface area contributed by atoms with Gasteiger partial charge in [0.1, 0.15) is 19.0 Å². The van der Waals surface area contributed by atoms with E-state index in [1.807, 2.05) is 0 Å². The van der Waals surface area contributed by atoms with Crippen LogP contribution in [0.3, 0.4) is 0 Å². The van der Waals surface area contributed by atoms with Crippen molar-refractivity contribution in [2.75, 3.05) is 18.4 Å². The number of hydrogen-bond donors (Lipinski definition) is 2. The molecule has 2 radical (unpaired) electrons. The molecule has 1 aliphatic heterocycles. The molecule has 2 aliphatic rings. The lowest BCUT2D eigenvalue weighted by Crippen LogP contribution is -2.40. The van der Waals surface area contributed by atoms with Crippen LogP contribution >= 0.6 is 0 Å². The number of ether oxygens (including phenoxy) is 2. The van der Waals surface area contributed by atoms with Gasteiger partial charge in [-0.25, -0.2) is 0 Å². The number of benzene rings is 2. The van der Waals surface area contributed by atoms with Gasteiger partial charge in [0.25, 0.3) is 17.5 Å². The van der Waals surface area contributed by atoms with Gasteiger partial charge in [0.2, 0.25) is 25.5 Å². The molecule has 0 atom stereocenters. The Labute approximate surface area is 248 Å². The van der Waals surface area contributed by atoms with Crippen molar-refractivity contribution in [3.05, 3.63) is 75.9 Å². The first-order valence-electron chi connectivity index (χ1n) is 13.6. The van der Waals surface area contributed by atoms with Gasteiger partial charge in [0.15, 0.2) is 0 Å². The van der Waals surface area contributed by atoms with E-state index in [9.17, 15) is 34.1 Å². The zero-order valence-electron chi connectivity index (χ0n) is 23.2. The second-order valence-corrected chi connectivity index (χ2v) is 10.3. The zero-order valence-corrected chi connectivity index (χ0v) is 23.2. The van der Waals surface area contributed by atoms with Crippen molar-refractivity contribution in [2.45, 2.75) is 38.9 Å². The molecule has 0 bridgehead atoms. The number of amides is 4. The highest BCUT2D eigenvalue weighted by atomic mass is 16.6. The second-order valence-electron chi connectivity index (χ2n) is 10.3. The molecule has 1 saturated carbocycles. The minimum atomic E-state index is -0.962. The minimum Gasteiger partial charge on any atom is -0.487 e. The third kappa shape index (κ3) is 8.74. The summed E-state index contributed by atoms with van der Waals surface area (Å²) in [7, 11) is 5.05. The molecule has 2 aromatic carbocycles. The van der Waals surface area contributed by atoms with Crippen LogP contribution < -0.4 is 15.4 Å². The summed E-state index contributed by atoms with van der Waals surface area (Å²) < 4.78 is 10.7. The molecule has 0 unspecified atom stereocenters. The fourth-order valence-corrected chi connectivity index (χ4v) is 4.90. The second kappa shape index (κ2) is 14.3. The number of anilines is 1. The van der Waals surface area contributed by atoms with Crippen molar-refractivity contribution in [1.29, 1.82) is 0 Å². The van der Waals surface area contributed by atoms with Crippen molar-refractivity contribution in [3.8, 4) is 5.75 Å². The van der Waals surface area contributed by atoms with Crippen LogP contribution in [0.25, 0.3) is 0 Å². The molecule has 1 heterocycles. The zero-order chi connectivity index (χ0) is 30.9. The largest absolute Gasteiger partial charge is 0.487 e. The van der Waals surface area contributed by atoms with Crippen LogP contribution in [-0.4, -0.2) is 60.3 Å². The van der Waals surface area contributed by atoms with Gasteiger partial charge in [-0.1, -0.05) is 6.07 Å². The SMILES string of the molecule is [B]C(=O)OCc1ccc(OCc2ccc([N+](=O)[O-])cc2)c(NC(=O)CNC(=O)C2CCC(CN3C(=O)C=CC3=O)CC2)c1. The number of nitro groups is 1. The Hall–Kier alpha value is -5.01. The number of carbonyl (C=O) groups excluding carboxylic acids is 5. The van der Waals surface area contributed by atoms with Crippen LogP contribution in [0.5, 0.6) is 5.75 Å².